The quantitative estimate of drug-likeness (QED) is 0.762. The number of methoxy groups -OCH3 is 1. The molecule has 2 heterocycles. The summed E-state index contributed by atoms with van der Waals surface area (Å²) in [4.78, 5) is 6.70. The molecule has 1 aromatic carbocycles. The van der Waals surface area contributed by atoms with Crippen molar-refractivity contribution in [1.29, 1.82) is 0 Å². The van der Waals surface area contributed by atoms with Gasteiger partial charge in [-0.3, -0.25) is 4.99 Å². The van der Waals surface area contributed by atoms with Crippen LogP contribution in [0.3, 0.4) is 0 Å². The van der Waals surface area contributed by atoms with Crippen molar-refractivity contribution in [2.45, 2.75) is 4.90 Å². The summed E-state index contributed by atoms with van der Waals surface area (Å²) in [5.41, 5.74) is 0. The molecule has 16 heavy (non-hydrogen) atoms. The zero-order valence-corrected chi connectivity index (χ0v) is 10.3. The van der Waals surface area contributed by atoms with Gasteiger partial charge in [0.25, 0.3) is 0 Å². The average Bonchev–Trinajstić information content (AvgIpc) is 2.50. The summed E-state index contributed by atoms with van der Waals surface area (Å²) in [5, 5.41) is 3.26. The molecule has 0 fully saturated rings. The lowest BCUT2D eigenvalue weighted by Crippen LogP contribution is -1.81. The molecule has 0 saturated heterocycles. The van der Waals surface area contributed by atoms with Crippen molar-refractivity contribution < 1.29 is 4.74 Å². The zero-order valence-electron chi connectivity index (χ0n) is 8.64. The molecule has 0 spiro atoms. The number of thioether (sulfide) groups is 1. The van der Waals surface area contributed by atoms with Crippen molar-refractivity contribution in [3.05, 3.63) is 34.7 Å². The van der Waals surface area contributed by atoms with Gasteiger partial charge in [-0.2, -0.15) is 0 Å². The molecule has 0 bridgehead atoms. The molecule has 1 aromatic heterocycles. The first-order chi connectivity index (χ1) is 7.88. The Labute approximate surface area is 102 Å². The van der Waals surface area contributed by atoms with Crippen molar-refractivity contribution in [1.82, 2.24) is 0 Å². The fourth-order valence-electron chi connectivity index (χ4n) is 1.65. The second-order valence-electron chi connectivity index (χ2n) is 3.34. The molecule has 0 atom stereocenters. The lowest BCUT2D eigenvalue weighted by Gasteiger charge is -2.00. The molecule has 0 N–H and O–H groups in total. The van der Waals surface area contributed by atoms with E-state index in [0.717, 1.165) is 5.75 Å². The summed E-state index contributed by atoms with van der Waals surface area (Å²) < 4.78 is 6.54. The van der Waals surface area contributed by atoms with E-state index in [2.05, 4.69) is 17.1 Å². The van der Waals surface area contributed by atoms with Crippen LogP contribution in [0.25, 0.3) is 10.1 Å². The molecule has 2 nitrogen and oxygen atoms in total. The van der Waals surface area contributed by atoms with Gasteiger partial charge in [-0.25, -0.2) is 0 Å². The van der Waals surface area contributed by atoms with Crippen LogP contribution in [0.5, 0.6) is 5.75 Å². The minimum Gasteiger partial charge on any atom is -0.497 e. The van der Waals surface area contributed by atoms with Crippen LogP contribution in [0.4, 0.5) is 0 Å². The van der Waals surface area contributed by atoms with E-state index in [-0.39, 0.29) is 0 Å². The minimum absolute atomic E-state index is 0.902. The lowest BCUT2D eigenvalue weighted by molar-refractivity contribution is 0.415. The molecule has 0 radical (unpaired) electrons. The number of aliphatic imine (C=N–C) groups is 1. The van der Waals surface area contributed by atoms with Gasteiger partial charge in [0.2, 0.25) is 0 Å². The van der Waals surface area contributed by atoms with Crippen LogP contribution in [-0.2, 0) is 0 Å². The fourth-order valence-corrected chi connectivity index (χ4v) is 3.68. The first kappa shape index (κ1) is 9.93. The molecule has 1 aliphatic rings. The van der Waals surface area contributed by atoms with Gasteiger partial charge in [0, 0.05) is 27.4 Å². The molecule has 3 rings (SSSR count). The van der Waals surface area contributed by atoms with E-state index in [1.54, 1.807) is 30.2 Å². The first-order valence-corrected chi connectivity index (χ1v) is 6.53. The summed E-state index contributed by atoms with van der Waals surface area (Å²) in [6.45, 7) is 0. The molecule has 0 aliphatic carbocycles. The van der Waals surface area contributed by atoms with Crippen LogP contribution in [0.15, 0.2) is 39.7 Å². The van der Waals surface area contributed by atoms with Crippen molar-refractivity contribution in [3.63, 3.8) is 0 Å². The zero-order chi connectivity index (χ0) is 11.0. The largest absolute Gasteiger partial charge is 0.497 e. The molecule has 1 aliphatic heterocycles. The number of rotatable bonds is 1. The van der Waals surface area contributed by atoms with Crippen LogP contribution in [0.2, 0.25) is 0 Å². The highest BCUT2D eigenvalue weighted by atomic mass is 32.2. The van der Waals surface area contributed by atoms with Gasteiger partial charge in [-0.1, -0.05) is 11.8 Å². The van der Waals surface area contributed by atoms with Crippen LogP contribution in [0.1, 0.15) is 4.88 Å². The summed E-state index contributed by atoms with van der Waals surface area (Å²) in [5.74, 6) is 0.902. The summed E-state index contributed by atoms with van der Waals surface area (Å²) in [7, 11) is 1.70. The van der Waals surface area contributed by atoms with E-state index in [0.29, 0.717) is 0 Å². The highest BCUT2D eigenvalue weighted by Crippen LogP contribution is 2.40. The highest BCUT2D eigenvalue weighted by molar-refractivity contribution is 8.02. The summed E-state index contributed by atoms with van der Waals surface area (Å²) >= 11 is 3.48. The Bertz CT molecular complexity index is 598. The standard InChI is InChI=1S/C12H9NOS2/c1-14-8-2-3-10-9(6-8)12-11(16-10)7-13-4-5-15-12/h2-7H,1H3. The van der Waals surface area contributed by atoms with Gasteiger partial charge in [-0.05, 0) is 23.6 Å². The van der Waals surface area contributed by atoms with Crippen LogP contribution in [0, 0.1) is 0 Å². The van der Waals surface area contributed by atoms with Gasteiger partial charge in [-0.15, -0.1) is 11.3 Å². The second-order valence-corrected chi connectivity index (χ2v) is 5.34. The number of nitrogens with zero attached hydrogens (tertiary/aromatic N) is 1. The van der Waals surface area contributed by atoms with E-state index >= 15 is 0 Å². The number of hydrogen-bond acceptors (Lipinski definition) is 4. The Morgan fingerprint density at radius 3 is 3.12 bits per heavy atom. The molecule has 80 valence electrons. The van der Waals surface area contributed by atoms with Gasteiger partial charge >= 0.3 is 0 Å². The highest BCUT2D eigenvalue weighted by Gasteiger charge is 2.12. The van der Waals surface area contributed by atoms with E-state index in [1.165, 1.54) is 19.9 Å². The monoisotopic (exact) mass is 247 g/mol. The molecule has 4 heteroatoms. The van der Waals surface area contributed by atoms with Crippen LogP contribution >= 0.6 is 23.1 Å². The van der Waals surface area contributed by atoms with Gasteiger partial charge in [0.1, 0.15) is 5.75 Å². The maximum atomic E-state index is 5.26. The number of hydrogen-bond donors (Lipinski definition) is 0. The fraction of sp³-hybridized carbons (Fsp3) is 0.0833. The van der Waals surface area contributed by atoms with Gasteiger partial charge in [0.05, 0.1) is 12.0 Å². The maximum absolute atomic E-state index is 5.26. The predicted molar refractivity (Wildman–Crippen MR) is 71.0 cm³/mol. The second kappa shape index (κ2) is 3.96. The van der Waals surface area contributed by atoms with E-state index < -0.39 is 0 Å². The topological polar surface area (TPSA) is 21.6 Å². The SMILES string of the molecule is COc1ccc2sc3c(c2c1)SC=CN=C3. The van der Waals surface area contributed by atoms with Crippen molar-refractivity contribution >= 4 is 39.4 Å². The van der Waals surface area contributed by atoms with Crippen molar-refractivity contribution in [2.24, 2.45) is 4.99 Å². The van der Waals surface area contributed by atoms with Crippen molar-refractivity contribution in [3.8, 4) is 5.75 Å². The van der Waals surface area contributed by atoms with Crippen LogP contribution in [-0.4, -0.2) is 13.3 Å². The van der Waals surface area contributed by atoms with Gasteiger partial charge < -0.3 is 4.74 Å². The normalized spacial score (nSPS) is 13.8. The van der Waals surface area contributed by atoms with Gasteiger partial charge in [0.15, 0.2) is 0 Å². The molecule has 2 aromatic rings. The third-order valence-corrected chi connectivity index (χ3v) is 4.57. The summed E-state index contributed by atoms with van der Waals surface area (Å²) in [6, 6.07) is 6.19. The average molecular weight is 247 g/mol. The lowest BCUT2D eigenvalue weighted by atomic mass is 10.2. The third kappa shape index (κ3) is 1.54. The Hall–Kier alpha value is -1.26. The molecular formula is C12H9NOS2. The first-order valence-electron chi connectivity index (χ1n) is 4.84. The Balaban J connectivity index is 2.28. The summed E-state index contributed by atoms with van der Waals surface area (Å²) in [6.07, 6.45) is 3.74. The van der Waals surface area contributed by atoms with Crippen LogP contribution < -0.4 is 4.74 Å². The van der Waals surface area contributed by atoms with E-state index in [1.807, 2.05) is 23.9 Å². The Morgan fingerprint density at radius 1 is 1.31 bits per heavy atom. The number of ether oxygens (including phenoxy) is 1. The smallest absolute Gasteiger partial charge is 0.119 e. The molecular weight excluding hydrogens is 238 g/mol. The number of thiophene rings is 1. The Morgan fingerprint density at radius 2 is 2.25 bits per heavy atom. The predicted octanol–water partition coefficient (Wildman–Crippen LogP) is 3.91. The van der Waals surface area contributed by atoms with Crippen molar-refractivity contribution in [2.75, 3.05) is 7.11 Å². The van der Waals surface area contributed by atoms with E-state index in [9.17, 15) is 0 Å². The number of benzene rings is 1. The number of fused-ring (bicyclic) bond motifs is 3. The Kier molecular flexibility index (Phi) is 2.46. The van der Waals surface area contributed by atoms with E-state index in [4.69, 9.17) is 4.74 Å². The maximum Gasteiger partial charge on any atom is 0.119 e. The molecule has 0 amide bonds. The third-order valence-electron chi connectivity index (χ3n) is 2.40. The molecule has 0 unspecified atom stereocenters. The minimum atomic E-state index is 0.902. The molecule has 0 saturated carbocycles.